The van der Waals surface area contributed by atoms with Gasteiger partial charge in [0.25, 0.3) is 5.91 Å². The fourth-order valence-corrected chi connectivity index (χ4v) is 2.99. The molecule has 0 saturated carbocycles. The van der Waals surface area contributed by atoms with Crippen LogP contribution in [0.25, 0.3) is 0 Å². The smallest absolute Gasteiger partial charge is 0.409 e. The molecule has 7 nitrogen and oxygen atoms in total. The lowest BCUT2D eigenvalue weighted by Gasteiger charge is -2.31. The van der Waals surface area contributed by atoms with Gasteiger partial charge >= 0.3 is 6.09 Å². The molecule has 142 valence electrons. The molecule has 8 heteroatoms. The van der Waals surface area contributed by atoms with Crippen molar-refractivity contribution in [3.8, 4) is 0 Å². The van der Waals surface area contributed by atoms with E-state index in [1.807, 2.05) is 0 Å². The molecule has 0 spiro atoms. The van der Waals surface area contributed by atoms with Crippen LogP contribution in [0, 0.1) is 5.82 Å². The minimum Gasteiger partial charge on any atom is -0.453 e. The molecule has 0 radical (unpaired) electrons. The van der Waals surface area contributed by atoms with Gasteiger partial charge in [0.2, 0.25) is 0 Å². The highest BCUT2D eigenvalue weighted by Crippen LogP contribution is 2.20. The Kier molecular flexibility index (Phi) is 5.85. The van der Waals surface area contributed by atoms with Gasteiger partial charge in [-0.3, -0.25) is 4.79 Å². The van der Waals surface area contributed by atoms with Crippen molar-refractivity contribution in [3.05, 3.63) is 54.0 Å². The van der Waals surface area contributed by atoms with Crippen LogP contribution in [0.15, 0.2) is 42.6 Å². The summed E-state index contributed by atoms with van der Waals surface area (Å²) in [7, 11) is 1.35. The van der Waals surface area contributed by atoms with Gasteiger partial charge in [-0.2, -0.15) is 0 Å². The van der Waals surface area contributed by atoms with E-state index in [1.54, 1.807) is 35.4 Å². The lowest BCUT2D eigenvalue weighted by atomic mass is 10.0. The number of ether oxygens (including phenoxy) is 1. The predicted molar refractivity (Wildman–Crippen MR) is 98.4 cm³/mol. The molecule has 27 heavy (non-hydrogen) atoms. The Morgan fingerprint density at radius 3 is 2.70 bits per heavy atom. The van der Waals surface area contributed by atoms with Gasteiger partial charge in [0.15, 0.2) is 0 Å². The standard InChI is InChI=1S/C19H21FN4O3/c1-27-19(26)24-10-7-14(8-11-24)23-18(25)16-6-3-9-21-17(16)22-15-5-2-4-13(20)12-15/h2-6,9,12,14H,7-8,10-11H2,1H3,(H,21,22)(H,23,25). The molecule has 1 aromatic heterocycles. The fourth-order valence-electron chi connectivity index (χ4n) is 2.99. The van der Waals surface area contributed by atoms with E-state index in [1.165, 1.54) is 19.2 Å². The number of carbonyl (C=O) groups excluding carboxylic acids is 2. The number of halogens is 1. The van der Waals surface area contributed by atoms with Crippen molar-refractivity contribution < 1.29 is 18.7 Å². The molecule has 2 N–H and O–H groups in total. The molecule has 1 fully saturated rings. The highest BCUT2D eigenvalue weighted by molar-refractivity contribution is 5.99. The molecule has 0 bridgehead atoms. The fraction of sp³-hybridized carbons (Fsp3) is 0.316. The number of methoxy groups -OCH3 is 1. The topological polar surface area (TPSA) is 83.6 Å². The number of hydrogen-bond donors (Lipinski definition) is 2. The summed E-state index contributed by atoms with van der Waals surface area (Å²) >= 11 is 0. The number of carbonyl (C=O) groups is 2. The number of nitrogens with one attached hydrogen (secondary N) is 2. The van der Waals surface area contributed by atoms with Crippen molar-refractivity contribution in [3.63, 3.8) is 0 Å². The number of piperidine rings is 1. The minimum atomic E-state index is -0.376. The van der Waals surface area contributed by atoms with E-state index in [4.69, 9.17) is 4.74 Å². The monoisotopic (exact) mass is 372 g/mol. The summed E-state index contributed by atoms with van der Waals surface area (Å²) in [4.78, 5) is 30.0. The molecule has 0 unspecified atom stereocenters. The van der Waals surface area contributed by atoms with Gasteiger partial charge < -0.3 is 20.3 Å². The van der Waals surface area contributed by atoms with E-state index in [0.717, 1.165) is 0 Å². The number of nitrogens with zero attached hydrogens (tertiary/aromatic N) is 2. The van der Waals surface area contributed by atoms with Crippen LogP contribution in [0.4, 0.5) is 20.7 Å². The Morgan fingerprint density at radius 2 is 2.00 bits per heavy atom. The number of rotatable bonds is 4. The number of hydrogen-bond acceptors (Lipinski definition) is 5. The first-order valence-corrected chi connectivity index (χ1v) is 8.68. The average Bonchev–Trinajstić information content (AvgIpc) is 2.68. The third-order valence-electron chi connectivity index (χ3n) is 4.40. The molecule has 0 aliphatic carbocycles. The number of anilines is 2. The third kappa shape index (κ3) is 4.72. The number of amides is 2. The van der Waals surface area contributed by atoms with Crippen molar-refractivity contribution in [2.75, 3.05) is 25.5 Å². The zero-order valence-corrected chi connectivity index (χ0v) is 14.9. The van der Waals surface area contributed by atoms with Crippen molar-refractivity contribution in [2.45, 2.75) is 18.9 Å². The molecule has 1 aliphatic heterocycles. The molecule has 1 aliphatic rings. The summed E-state index contributed by atoms with van der Waals surface area (Å²) in [5, 5.41) is 5.96. The first-order chi connectivity index (χ1) is 13.1. The van der Waals surface area contributed by atoms with E-state index >= 15 is 0 Å². The molecule has 2 amide bonds. The molecule has 1 saturated heterocycles. The maximum Gasteiger partial charge on any atom is 0.409 e. The minimum absolute atomic E-state index is 0.0411. The largest absolute Gasteiger partial charge is 0.453 e. The predicted octanol–water partition coefficient (Wildman–Crippen LogP) is 2.92. The van der Waals surface area contributed by atoms with Crippen LogP contribution in [-0.4, -0.2) is 48.1 Å². The SMILES string of the molecule is COC(=O)N1CCC(NC(=O)c2cccnc2Nc2cccc(F)c2)CC1. The quantitative estimate of drug-likeness (QED) is 0.862. The number of benzene rings is 1. The summed E-state index contributed by atoms with van der Waals surface area (Å²) in [6, 6.07) is 9.24. The highest BCUT2D eigenvalue weighted by Gasteiger charge is 2.25. The van der Waals surface area contributed by atoms with Crippen molar-refractivity contribution in [1.82, 2.24) is 15.2 Å². The Balaban J connectivity index is 1.65. The normalized spacial score (nSPS) is 14.5. The Labute approximate surface area is 156 Å². The second kappa shape index (κ2) is 8.48. The van der Waals surface area contributed by atoms with Crippen LogP contribution >= 0.6 is 0 Å². The lowest BCUT2D eigenvalue weighted by molar-refractivity contribution is 0.0893. The van der Waals surface area contributed by atoms with E-state index in [9.17, 15) is 14.0 Å². The molecule has 0 atom stereocenters. The van der Waals surface area contributed by atoms with Crippen LogP contribution in [0.1, 0.15) is 23.2 Å². The van der Waals surface area contributed by atoms with Gasteiger partial charge in [0, 0.05) is 31.0 Å². The lowest BCUT2D eigenvalue weighted by Crippen LogP contribution is -2.46. The van der Waals surface area contributed by atoms with Crippen LogP contribution < -0.4 is 10.6 Å². The van der Waals surface area contributed by atoms with Gasteiger partial charge in [-0.15, -0.1) is 0 Å². The summed E-state index contributed by atoms with van der Waals surface area (Å²) in [5.74, 6) is -0.287. The Morgan fingerprint density at radius 1 is 1.22 bits per heavy atom. The molecule has 1 aromatic carbocycles. The zero-order chi connectivity index (χ0) is 19.2. The molecule has 3 rings (SSSR count). The number of aromatic nitrogens is 1. The van der Waals surface area contributed by atoms with E-state index in [-0.39, 0.29) is 23.9 Å². The van der Waals surface area contributed by atoms with Gasteiger partial charge in [0.05, 0.1) is 12.7 Å². The second-order valence-corrected chi connectivity index (χ2v) is 6.24. The Hall–Kier alpha value is -3.16. The average molecular weight is 372 g/mol. The van der Waals surface area contributed by atoms with Crippen LogP contribution in [-0.2, 0) is 4.74 Å². The van der Waals surface area contributed by atoms with Gasteiger partial charge in [-0.25, -0.2) is 14.2 Å². The first kappa shape index (κ1) is 18.6. The molecule has 2 aromatic rings. The van der Waals surface area contributed by atoms with Crippen LogP contribution in [0.2, 0.25) is 0 Å². The maximum absolute atomic E-state index is 13.4. The number of pyridine rings is 1. The summed E-state index contributed by atoms with van der Waals surface area (Å²) in [6.07, 6.45) is 2.50. The molecular formula is C19H21FN4O3. The highest BCUT2D eigenvalue weighted by atomic mass is 19.1. The van der Waals surface area contributed by atoms with Crippen LogP contribution in [0.5, 0.6) is 0 Å². The van der Waals surface area contributed by atoms with E-state index < -0.39 is 0 Å². The van der Waals surface area contributed by atoms with Gasteiger partial charge in [0.1, 0.15) is 11.6 Å². The Bertz CT molecular complexity index is 822. The van der Waals surface area contributed by atoms with E-state index in [0.29, 0.717) is 43.0 Å². The summed E-state index contributed by atoms with van der Waals surface area (Å²) in [5.41, 5.74) is 0.881. The van der Waals surface area contributed by atoms with Crippen LogP contribution in [0.3, 0.4) is 0 Å². The van der Waals surface area contributed by atoms with Crippen molar-refractivity contribution in [1.29, 1.82) is 0 Å². The first-order valence-electron chi connectivity index (χ1n) is 8.68. The zero-order valence-electron chi connectivity index (χ0n) is 14.9. The molecule has 2 heterocycles. The van der Waals surface area contributed by atoms with E-state index in [2.05, 4.69) is 15.6 Å². The third-order valence-corrected chi connectivity index (χ3v) is 4.40. The summed E-state index contributed by atoms with van der Waals surface area (Å²) in [6.45, 7) is 1.05. The maximum atomic E-state index is 13.4. The van der Waals surface area contributed by atoms with Gasteiger partial charge in [-0.1, -0.05) is 6.07 Å². The summed E-state index contributed by atoms with van der Waals surface area (Å²) < 4.78 is 18.1. The molecular weight excluding hydrogens is 351 g/mol. The second-order valence-electron chi connectivity index (χ2n) is 6.24. The van der Waals surface area contributed by atoms with Crippen molar-refractivity contribution >= 4 is 23.5 Å². The van der Waals surface area contributed by atoms with Gasteiger partial charge in [-0.05, 0) is 43.2 Å². The number of likely N-dealkylation sites (tertiary alicyclic amines) is 1. The van der Waals surface area contributed by atoms with Crippen molar-refractivity contribution in [2.24, 2.45) is 0 Å².